The lowest BCUT2D eigenvalue weighted by atomic mass is 10.2. The van der Waals surface area contributed by atoms with Crippen molar-refractivity contribution in [1.82, 2.24) is 15.3 Å². The summed E-state index contributed by atoms with van der Waals surface area (Å²) in [7, 11) is 0. The Hall–Kier alpha value is -1.05. The third-order valence-electron chi connectivity index (χ3n) is 2.11. The van der Waals surface area contributed by atoms with Crippen molar-refractivity contribution in [3.63, 3.8) is 0 Å². The summed E-state index contributed by atoms with van der Waals surface area (Å²) in [4.78, 5) is 19.7. The van der Waals surface area contributed by atoms with E-state index in [0.29, 0.717) is 30.2 Å². The molecule has 2 rings (SSSR count). The molecule has 2 heterocycles. The number of anilines is 1. The van der Waals surface area contributed by atoms with Gasteiger partial charge in [0.1, 0.15) is 10.6 Å². The molecule has 0 saturated carbocycles. The Morgan fingerprint density at radius 1 is 1.56 bits per heavy atom. The molecule has 0 bridgehead atoms. The SMILES string of the molecule is O=C(Nc1cnc(Br)cn1)C1COCCN1. The summed E-state index contributed by atoms with van der Waals surface area (Å²) in [6, 6.07) is -0.320. The number of hydrogen-bond acceptors (Lipinski definition) is 5. The Morgan fingerprint density at radius 2 is 2.44 bits per heavy atom. The van der Waals surface area contributed by atoms with Crippen LogP contribution in [-0.4, -0.2) is 41.7 Å². The maximum atomic E-state index is 11.7. The van der Waals surface area contributed by atoms with Crippen molar-refractivity contribution in [1.29, 1.82) is 0 Å². The molecule has 0 aromatic carbocycles. The lowest BCUT2D eigenvalue weighted by Crippen LogP contribution is -2.48. The van der Waals surface area contributed by atoms with E-state index in [2.05, 4.69) is 36.5 Å². The van der Waals surface area contributed by atoms with E-state index < -0.39 is 0 Å². The number of ether oxygens (including phenoxy) is 1. The quantitative estimate of drug-likeness (QED) is 0.810. The van der Waals surface area contributed by atoms with E-state index in [1.54, 1.807) is 0 Å². The standard InChI is InChI=1S/C9H11BrN4O2/c10-7-3-13-8(4-12-7)14-9(15)6-5-16-2-1-11-6/h3-4,6,11H,1-2,5H2,(H,13,14,15). The molecule has 1 aliphatic rings. The average Bonchev–Trinajstić information content (AvgIpc) is 2.33. The number of nitrogens with zero attached hydrogens (tertiary/aromatic N) is 2. The molecule has 7 heteroatoms. The zero-order chi connectivity index (χ0) is 11.4. The Balaban J connectivity index is 1.93. The molecule has 2 N–H and O–H groups in total. The van der Waals surface area contributed by atoms with E-state index in [0.717, 1.165) is 0 Å². The molecule has 1 atom stereocenters. The highest BCUT2D eigenvalue weighted by Crippen LogP contribution is 2.06. The van der Waals surface area contributed by atoms with E-state index in [4.69, 9.17) is 4.74 Å². The zero-order valence-corrected chi connectivity index (χ0v) is 10.0. The van der Waals surface area contributed by atoms with Gasteiger partial charge in [-0.15, -0.1) is 0 Å². The van der Waals surface area contributed by atoms with Gasteiger partial charge in [-0.05, 0) is 15.9 Å². The first-order chi connectivity index (χ1) is 7.75. The van der Waals surface area contributed by atoms with Crippen LogP contribution >= 0.6 is 15.9 Å². The van der Waals surface area contributed by atoms with Crippen molar-refractivity contribution >= 4 is 27.7 Å². The monoisotopic (exact) mass is 286 g/mol. The van der Waals surface area contributed by atoms with Crippen molar-refractivity contribution in [3.8, 4) is 0 Å². The van der Waals surface area contributed by atoms with Crippen LogP contribution in [0.4, 0.5) is 5.82 Å². The van der Waals surface area contributed by atoms with Gasteiger partial charge in [-0.2, -0.15) is 0 Å². The van der Waals surface area contributed by atoms with E-state index in [-0.39, 0.29) is 11.9 Å². The van der Waals surface area contributed by atoms with Crippen LogP contribution in [0.1, 0.15) is 0 Å². The molecular weight excluding hydrogens is 276 g/mol. The highest BCUT2D eigenvalue weighted by molar-refractivity contribution is 9.10. The third kappa shape index (κ3) is 2.97. The maximum absolute atomic E-state index is 11.7. The molecule has 86 valence electrons. The fourth-order valence-corrected chi connectivity index (χ4v) is 1.53. The van der Waals surface area contributed by atoms with Crippen molar-refractivity contribution in [2.24, 2.45) is 0 Å². The van der Waals surface area contributed by atoms with Crippen molar-refractivity contribution in [2.75, 3.05) is 25.1 Å². The fraction of sp³-hybridized carbons (Fsp3) is 0.444. The summed E-state index contributed by atoms with van der Waals surface area (Å²) in [6.07, 6.45) is 3.02. The molecule has 1 saturated heterocycles. The number of amides is 1. The van der Waals surface area contributed by atoms with Crippen LogP contribution in [0, 0.1) is 0 Å². The summed E-state index contributed by atoms with van der Waals surface area (Å²) in [5.41, 5.74) is 0. The van der Waals surface area contributed by atoms with Crippen LogP contribution in [0.15, 0.2) is 17.0 Å². The summed E-state index contributed by atoms with van der Waals surface area (Å²) in [6.45, 7) is 1.71. The lowest BCUT2D eigenvalue weighted by Gasteiger charge is -2.22. The molecule has 0 aliphatic carbocycles. The van der Waals surface area contributed by atoms with Crippen LogP contribution in [0.3, 0.4) is 0 Å². The predicted octanol–water partition coefficient (Wildman–Crippen LogP) is 0.166. The summed E-state index contributed by atoms with van der Waals surface area (Å²) in [5, 5.41) is 5.72. The number of aromatic nitrogens is 2. The second-order valence-electron chi connectivity index (χ2n) is 3.30. The normalized spacial score (nSPS) is 20.4. The van der Waals surface area contributed by atoms with Crippen LogP contribution in [0.5, 0.6) is 0 Å². The van der Waals surface area contributed by atoms with Gasteiger partial charge in [0.15, 0.2) is 5.82 Å². The van der Waals surface area contributed by atoms with Crippen molar-refractivity contribution < 1.29 is 9.53 Å². The second-order valence-corrected chi connectivity index (χ2v) is 4.11. The number of halogens is 1. The number of carbonyl (C=O) groups excluding carboxylic acids is 1. The van der Waals surface area contributed by atoms with E-state index in [9.17, 15) is 4.79 Å². The summed E-state index contributed by atoms with van der Waals surface area (Å²) >= 11 is 3.17. The molecule has 0 spiro atoms. The summed E-state index contributed by atoms with van der Waals surface area (Å²) in [5.74, 6) is 0.275. The van der Waals surface area contributed by atoms with Gasteiger partial charge in [-0.3, -0.25) is 4.79 Å². The molecule has 1 aromatic heterocycles. The van der Waals surface area contributed by atoms with Gasteiger partial charge in [-0.1, -0.05) is 0 Å². The maximum Gasteiger partial charge on any atom is 0.245 e. The number of rotatable bonds is 2. The van der Waals surface area contributed by atoms with Gasteiger partial charge in [0.2, 0.25) is 5.91 Å². The molecule has 16 heavy (non-hydrogen) atoms. The molecule has 6 nitrogen and oxygen atoms in total. The molecule has 0 radical (unpaired) electrons. The van der Waals surface area contributed by atoms with E-state index in [1.807, 2.05) is 0 Å². The first-order valence-electron chi connectivity index (χ1n) is 4.85. The van der Waals surface area contributed by atoms with Crippen molar-refractivity contribution in [2.45, 2.75) is 6.04 Å². The predicted molar refractivity (Wildman–Crippen MR) is 61.0 cm³/mol. The Labute approximate surface area is 101 Å². The average molecular weight is 287 g/mol. The molecule has 1 aliphatic heterocycles. The van der Waals surface area contributed by atoms with Gasteiger partial charge in [0.05, 0.1) is 25.6 Å². The van der Waals surface area contributed by atoms with Crippen LogP contribution in [0.2, 0.25) is 0 Å². The molecule has 1 amide bonds. The topological polar surface area (TPSA) is 76.1 Å². The number of hydrogen-bond donors (Lipinski definition) is 2. The minimum Gasteiger partial charge on any atom is -0.378 e. The number of morpholine rings is 1. The molecule has 1 aromatic rings. The van der Waals surface area contributed by atoms with Gasteiger partial charge < -0.3 is 15.4 Å². The van der Waals surface area contributed by atoms with Gasteiger partial charge in [0.25, 0.3) is 0 Å². The highest BCUT2D eigenvalue weighted by atomic mass is 79.9. The molecule has 1 fully saturated rings. The second kappa shape index (κ2) is 5.33. The number of carbonyl (C=O) groups is 1. The Morgan fingerprint density at radius 3 is 3.06 bits per heavy atom. The third-order valence-corrected chi connectivity index (χ3v) is 2.52. The summed E-state index contributed by atoms with van der Waals surface area (Å²) < 4.78 is 5.82. The van der Waals surface area contributed by atoms with Gasteiger partial charge >= 0.3 is 0 Å². The first-order valence-corrected chi connectivity index (χ1v) is 5.64. The smallest absolute Gasteiger partial charge is 0.245 e. The minimum atomic E-state index is -0.320. The fourth-order valence-electron chi connectivity index (χ4n) is 1.32. The highest BCUT2D eigenvalue weighted by Gasteiger charge is 2.21. The Bertz CT molecular complexity index is 364. The van der Waals surface area contributed by atoms with Crippen molar-refractivity contribution in [3.05, 3.63) is 17.0 Å². The minimum absolute atomic E-state index is 0.156. The van der Waals surface area contributed by atoms with Crippen LogP contribution < -0.4 is 10.6 Å². The Kier molecular flexibility index (Phi) is 3.81. The molecule has 1 unspecified atom stereocenters. The van der Waals surface area contributed by atoms with E-state index >= 15 is 0 Å². The largest absolute Gasteiger partial charge is 0.378 e. The van der Waals surface area contributed by atoms with Gasteiger partial charge in [0, 0.05) is 6.54 Å². The van der Waals surface area contributed by atoms with E-state index in [1.165, 1.54) is 12.4 Å². The number of nitrogens with one attached hydrogen (secondary N) is 2. The van der Waals surface area contributed by atoms with Gasteiger partial charge in [-0.25, -0.2) is 9.97 Å². The van der Waals surface area contributed by atoms with Crippen LogP contribution in [-0.2, 0) is 9.53 Å². The van der Waals surface area contributed by atoms with Crippen LogP contribution in [0.25, 0.3) is 0 Å². The lowest BCUT2D eigenvalue weighted by molar-refractivity contribution is -0.120. The molecular formula is C9H11BrN4O2. The zero-order valence-electron chi connectivity index (χ0n) is 8.44. The first kappa shape index (κ1) is 11.4.